The zero-order valence-corrected chi connectivity index (χ0v) is 22.4. The van der Waals surface area contributed by atoms with Gasteiger partial charge >= 0.3 is 0 Å². The van der Waals surface area contributed by atoms with Crippen LogP contribution in [0.4, 0.5) is 0 Å². The summed E-state index contributed by atoms with van der Waals surface area (Å²) in [5.41, 5.74) is 8.86. The second-order valence-electron chi connectivity index (χ2n) is 10.4. The monoisotopic (exact) mass is 538 g/mol. The number of hydrogen-bond donors (Lipinski definition) is 0. The lowest BCUT2D eigenvalue weighted by atomic mass is 10.1. The summed E-state index contributed by atoms with van der Waals surface area (Å²) in [6.45, 7) is 0. The van der Waals surface area contributed by atoms with Gasteiger partial charge in [-0.05, 0) is 42.5 Å². The van der Waals surface area contributed by atoms with E-state index in [1.807, 2.05) is 49.1 Å². The Morgan fingerprint density at radius 1 is 0.476 bits per heavy atom. The molecule has 0 aliphatic rings. The van der Waals surface area contributed by atoms with Gasteiger partial charge in [-0.1, -0.05) is 66.7 Å². The first-order valence-electron chi connectivity index (χ1n) is 13.9. The molecule has 0 saturated heterocycles. The molecule has 0 radical (unpaired) electrons. The molecule has 0 aliphatic heterocycles. The lowest BCUT2D eigenvalue weighted by Crippen LogP contribution is -2.02. The number of rotatable bonds is 3. The fraction of sp³-hybridized carbons (Fsp3) is 0. The van der Waals surface area contributed by atoms with Crippen molar-refractivity contribution >= 4 is 54.6 Å². The minimum atomic E-state index is 0.835. The lowest BCUT2D eigenvalue weighted by molar-refractivity contribution is 1.09. The maximum atomic E-state index is 5.35. The normalized spacial score (nSPS) is 11.8. The molecule has 9 aromatic rings. The summed E-state index contributed by atoms with van der Waals surface area (Å²) in [5, 5.41) is 4.38. The van der Waals surface area contributed by atoms with E-state index in [9.17, 15) is 0 Å². The second kappa shape index (κ2) is 8.81. The third-order valence-electron chi connectivity index (χ3n) is 8.10. The highest BCUT2D eigenvalue weighted by Gasteiger charge is 2.24. The van der Waals surface area contributed by atoms with Crippen LogP contribution in [0.15, 0.2) is 134 Å². The Bertz CT molecular complexity index is 2400. The van der Waals surface area contributed by atoms with Crippen molar-refractivity contribution in [2.24, 2.45) is 0 Å². The average Bonchev–Trinajstić information content (AvgIpc) is 3.63. The van der Waals surface area contributed by atoms with E-state index in [-0.39, 0.29) is 0 Å². The SMILES string of the molecule is c1ccc(-c2nc3c4cccnc4c4nccc(-n5c6ccccc6c6ccccc65)c4c3n2-c2ccncc2)cc1. The average molecular weight is 539 g/mol. The van der Waals surface area contributed by atoms with Gasteiger partial charge in [-0.15, -0.1) is 0 Å². The summed E-state index contributed by atoms with van der Waals surface area (Å²) in [7, 11) is 0. The molecule has 0 unspecified atom stereocenters. The topological polar surface area (TPSA) is 61.4 Å². The van der Waals surface area contributed by atoms with Crippen molar-refractivity contribution < 1.29 is 0 Å². The van der Waals surface area contributed by atoms with Gasteiger partial charge in [0.2, 0.25) is 0 Å². The third-order valence-corrected chi connectivity index (χ3v) is 8.10. The molecule has 5 heterocycles. The molecule has 0 amide bonds. The molecule has 4 aromatic carbocycles. The Hall–Kier alpha value is -5.88. The summed E-state index contributed by atoms with van der Waals surface area (Å²) in [6.07, 6.45) is 7.38. The zero-order chi connectivity index (χ0) is 27.6. The Labute approximate surface area is 240 Å². The number of fused-ring (bicyclic) bond motifs is 9. The van der Waals surface area contributed by atoms with Gasteiger partial charge in [-0.25, -0.2) is 4.98 Å². The van der Waals surface area contributed by atoms with Crippen LogP contribution in [0.25, 0.3) is 77.4 Å². The molecule has 0 bridgehead atoms. The van der Waals surface area contributed by atoms with E-state index in [0.717, 1.165) is 66.6 Å². The predicted octanol–water partition coefficient (Wildman–Crippen LogP) is 8.28. The van der Waals surface area contributed by atoms with E-state index in [1.54, 1.807) is 0 Å². The smallest absolute Gasteiger partial charge is 0.145 e. The lowest BCUT2D eigenvalue weighted by Gasteiger charge is -2.16. The van der Waals surface area contributed by atoms with Gasteiger partial charge in [0.1, 0.15) is 11.3 Å². The standard InChI is InChI=1S/C36H22N6/c1-2-9-23(10-3-1)36-40-33-27-13-8-19-38-32(27)34-31(35(33)41(36)24-16-20-37-21-17-24)30(18-22-39-34)42-28-14-6-4-11-25(28)26-12-5-7-15-29(26)42/h1-22H. The van der Waals surface area contributed by atoms with Crippen molar-refractivity contribution in [2.75, 3.05) is 0 Å². The molecule has 0 N–H and O–H groups in total. The van der Waals surface area contributed by atoms with Crippen LogP contribution in [0.2, 0.25) is 0 Å². The van der Waals surface area contributed by atoms with E-state index < -0.39 is 0 Å². The number of benzene rings is 4. The molecular formula is C36H22N6. The van der Waals surface area contributed by atoms with Gasteiger partial charge < -0.3 is 4.57 Å². The summed E-state index contributed by atoms with van der Waals surface area (Å²) in [4.78, 5) is 19.5. The number of nitrogens with zero attached hydrogens (tertiary/aromatic N) is 6. The Balaban J connectivity index is 1.56. The highest BCUT2D eigenvalue weighted by molar-refractivity contribution is 6.24. The highest BCUT2D eigenvalue weighted by atomic mass is 15.1. The van der Waals surface area contributed by atoms with Crippen LogP contribution in [0.3, 0.4) is 0 Å². The van der Waals surface area contributed by atoms with Crippen molar-refractivity contribution in [3.05, 3.63) is 134 Å². The van der Waals surface area contributed by atoms with Crippen LogP contribution in [0.5, 0.6) is 0 Å². The number of aromatic nitrogens is 6. The Morgan fingerprint density at radius 2 is 1.14 bits per heavy atom. The van der Waals surface area contributed by atoms with Crippen LogP contribution in [0, 0.1) is 0 Å². The molecule has 0 atom stereocenters. The largest absolute Gasteiger partial charge is 0.308 e. The molecule has 5 aromatic heterocycles. The quantitative estimate of drug-likeness (QED) is 0.212. The summed E-state index contributed by atoms with van der Waals surface area (Å²) in [6, 6.07) is 37.7. The van der Waals surface area contributed by atoms with E-state index in [2.05, 4.69) is 99.0 Å². The van der Waals surface area contributed by atoms with Crippen LogP contribution >= 0.6 is 0 Å². The molecule has 42 heavy (non-hydrogen) atoms. The maximum Gasteiger partial charge on any atom is 0.145 e. The predicted molar refractivity (Wildman–Crippen MR) is 169 cm³/mol. The molecule has 6 heteroatoms. The van der Waals surface area contributed by atoms with Gasteiger partial charge in [0.25, 0.3) is 0 Å². The van der Waals surface area contributed by atoms with Gasteiger partial charge in [-0.2, -0.15) is 0 Å². The number of pyridine rings is 3. The first-order chi connectivity index (χ1) is 20.9. The van der Waals surface area contributed by atoms with Crippen molar-refractivity contribution in [3.63, 3.8) is 0 Å². The number of imidazole rings is 1. The fourth-order valence-corrected chi connectivity index (χ4v) is 6.38. The van der Waals surface area contributed by atoms with Crippen LogP contribution in [-0.2, 0) is 0 Å². The Morgan fingerprint density at radius 3 is 1.90 bits per heavy atom. The molecule has 196 valence electrons. The summed E-state index contributed by atoms with van der Waals surface area (Å²) < 4.78 is 4.61. The van der Waals surface area contributed by atoms with E-state index in [0.29, 0.717) is 0 Å². The van der Waals surface area contributed by atoms with Gasteiger partial charge in [0, 0.05) is 46.5 Å². The first kappa shape index (κ1) is 22.9. The molecule has 0 aliphatic carbocycles. The van der Waals surface area contributed by atoms with Crippen molar-refractivity contribution in [1.82, 2.24) is 29.1 Å². The molecule has 9 rings (SSSR count). The maximum absolute atomic E-state index is 5.35. The van der Waals surface area contributed by atoms with Gasteiger partial charge in [0.15, 0.2) is 0 Å². The molecule has 6 nitrogen and oxygen atoms in total. The second-order valence-corrected chi connectivity index (χ2v) is 10.4. The van der Waals surface area contributed by atoms with Gasteiger partial charge in [0.05, 0.1) is 44.3 Å². The first-order valence-corrected chi connectivity index (χ1v) is 13.9. The van der Waals surface area contributed by atoms with Crippen molar-refractivity contribution in [2.45, 2.75) is 0 Å². The van der Waals surface area contributed by atoms with E-state index in [4.69, 9.17) is 15.0 Å². The van der Waals surface area contributed by atoms with Gasteiger partial charge in [-0.3, -0.25) is 19.5 Å². The minimum absolute atomic E-state index is 0.835. The highest BCUT2D eigenvalue weighted by Crippen LogP contribution is 2.42. The minimum Gasteiger partial charge on any atom is -0.308 e. The number of para-hydroxylation sites is 2. The molecule has 0 saturated carbocycles. The van der Waals surface area contributed by atoms with Crippen LogP contribution in [-0.4, -0.2) is 29.1 Å². The summed E-state index contributed by atoms with van der Waals surface area (Å²) in [5.74, 6) is 0.853. The third kappa shape index (κ3) is 3.14. The summed E-state index contributed by atoms with van der Waals surface area (Å²) >= 11 is 0. The molecular weight excluding hydrogens is 516 g/mol. The van der Waals surface area contributed by atoms with Crippen molar-refractivity contribution in [1.29, 1.82) is 0 Å². The number of hydrogen-bond acceptors (Lipinski definition) is 4. The van der Waals surface area contributed by atoms with Crippen LogP contribution < -0.4 is 0 Å². The fourth-order valence-electron chi connectivity index (χ4n) is 6.38. The molecule has 0 fully saturated rings. The Kier molecular flexibility index (Phi) is 4.80. The van der Waals surface area contributed by atoms with Crippen molar-refractivity contribution in [3.8, 4) is 22.8 Å². The van der Waals surface area contributed by atoms with E-state index >= 15 is 0 Å². The zero-order valence-electron chi connectivity index (χ0n) is 22.4. The van der Waals surface area contributed by atoms with Crippen LogP contribution in [0.1, 0.15) is 0 Å². The van der Waals surface area contributed by atoms with E-state index in [1.165, 1.54) is 10.8 Å². The molecule has 0 spiro atoms.